The lowest BCUT2D eigenvalue weighted by molar-refractivity contribution is 0.305. The standard InChI is InChI=1S/C12H9BrClNO/c13-12-5-4-11(7-15-12)16-8-9-2-1-3-10(14)6-9/h1-7H,8H2. The molecule has 0 aliphatic rings. The Bertz CT molecular complexity index is 473. The second-order valence-electron chi connectivity index (χ2n) is 3.24. The van der Waals surface area contributed by atoms with E-state index in [1.165, 1.54) is 0 Å². The summed E-state index contributed by atoms with van der Waals surface area (Å²) >= 11 is 9.14. The lowest BCUT2D eigenvalue weighted by Gasteiger charge is -2.05. The van der Waals surface area contributed by atoms with Gasteiger partial charge in [0.2, 0.25) is 0 Å². The molecule has 2 rings (SSSR count). The van der Waals surface area contributed by atoms with Crippen molar-refractivity contribution in [3.63, 3.8) is 0 Å². The van der Waals surface area contributed by atoms with Crippen LogP contribution >= 0.6 is 27.5 Å². The number of halogens is 2. The van der Waals surface area contributed by atoms with E-state index in [9.17, 15) is 0 Å². The summed E-state index contributed by atoms with van der Waals surface area (Å²) in [6, 6.07) is 11.3. The Morgan fingerprint density at radius 3 is 2.81 bits per heavy atom. The maximum absolute atomic E-state index is 5.87. The van der Waals surface area contributed by atoms with Gasteiger partial charge in [-0.25, -0.2) is 4.98 Å². The van der Waals surface area contributed by atoms with Crippen LogP contribution in [0.1, 0.15) is 5.56 Å². The highest BCUT2D eigenvalue weighted by atomic mass is 79.9. The van der Waals surface area contributed by atoms with Gasteiger partial charge >= 0.3 is 0 Å². The number of rotatable bonds is 3. The minimum Gasteiger partial charge on any atom is -0.487 e. The SMILES string of the molecule is Clc1cccc(COc2ccc(Br)nc2)c1. The monoisotopic (exact) mass is 297 g/mol. The summed E-state index contributed by atoms with van der Waals surface area (Å²) in [5.41, 5.74) is 1.04. The van der Waals surface area contributed by atoms with Crippen molar-refractivity contribution >= 4 is 27.5 Å². The molecule has 0 N–H and O–H groups in total. The Morgan fingerprint density at radius 1 is 1.25 bits per heavy atom. The van der Waals surface area contributed by atoms with Gasteiger partial charge in [0.1, 0.15) is 17.0 Å². The zero-order valence-corrected chi connectivity index (χ0v) is 10.7. The molecule has 0 saturated heterocycles. The summed E-state index contributed by atoms with van der Waals surface area (Å²) in [4.78, 5) is 4.07. The van der Waals surface area contributed by atoms with E-state index in [1.807, 2.05) is 36.4 Å². The summed E-state index contributed by atoms with van der Waals surface area (Å²) in [6.45, 7) is 0.490. The van der Waals surface area contributed by atoms with Gasteiger partial charge in [0.15, 0.2) is 0 Å². The van der Waals surface area contributed by atoms with Gasteiger partial charge in [-0.3, -0.25) is 0 Å². The first kappa shape index (κ1) is 11.4. The Hall–Kier alpha value is -1.06. The zero-order chi connectivity index (χ0) is 11.4. The van der Waals surface area contributed by atoms with Crippen molar-refractivity contribution in [1.82, 2.24) is 4.98 Å². The van der Waals surface area contributed by atoms with Crippen molar-refractivity contribution < 1.29 is 4.74 Å². The second-order valence-corrected chi connectivity index (χ2v) is 4.48. The summed E-state index contributed by atoms with van der Waals surface area (Å²) in [5, 5.41) is 0.718. The lowest BCUT2D eigenvalue weighted by atomic mass is 10.2. The van der Waals surface area contributed by atoms with Crippen LogP contribution in [0.25, 0.3) is 0 Å². The molecule has 0 aliphatic carbocycles. The summed E-state index contributed by atoms with van der Waals surface area (Å²) in [5.74, 6) is 0.739. The Morgan fingerprint density at radius 2 is 2.12 bits per heavy atom. The van der Waals surface area contributed by atoms with Crippen molar-refractivity contribution in [1.29, 1.82) is 0 Å². The van der Waals surface area contributed by atoms with Crippen LogP contribution in [0.15, 0.2) is 47.2 Å². The highest BCUT2D eigenvalue weighted by Gasteiger charge is 1.97. The molecule has 0 bridgehead atoms. The molecule has 16 heavy (non-hydrogen) atoms. The highest BCUT2D eigenvalue weighted by Crippen LogP contribution is 2.16. The van der Waals surface area contributed by atoms with Crippen LogP contribution in [-0.2, 0) is 6.61 Å². The maximum Gasteiger partial charge on any atom is 0.138 e. The molecule has 0 unspecified atom stereocenters. The summed E-state index contributed by atoms with van der Waals surface area (Å²) in [6.07, 6.45) is 1.68. The number of pyridine rings is 1. The van der Waals surface area contributed by atoms with Gasteiger partial charge in [0, 0.05) is 5.02 Å². The first-order chi connectivity index (χ1) is 7.74. The van der Waals surface area contributed by atoms with Crippen molar-refractivity contribution in [2.24, 2.45) is 0 Å². The quantitative estimate of drug-likeness (QED) is 0.797. The second kappa shape index (κ2) is 5.32. The van der Waals surface area contributed by atoms with Crippen LogP contribution < -0.4 is 4.74 Å². The average molecular weight is 299 g/mol. The van der Waals surface area contributed by atoms with Crippen molar-refractivity contribution in [3.8, 4) is 5.75 Å². The fourth-order valence-electron chi connectivity index (χ4n) is 1.24. The predicted octanol–water partition coefficient (Wildman–Crippen LogP) is 4.08. The van der Waals surface area contributed by atoms with Gasteiger partial charge in [-0.15, -0.1) is 0 Å². The minimum absolute atomic E-state index is 0.490. The molecule has 0 spiro atoms. The molecule has 82 valence electrons. The van der Waals surface area contributed by atoms with Crippen LogP contribution in [0.5, 0.6) is 5.75 Å². The first-order valence-corrected chi connectivity index (χ1v) is 5.90. The number of benzene rings is 1. The van der Waals surface area contributed by atoms with Gasteiger partial charge in [-0.05, 0) is 45.8 Å². The molecule has 2 aromatic rings. The molecule has 0 aliphatic heterocycles. The average Bonchev–Trinajstić information content (AvgIpc) is 2.28. The first-order valence-electron chi connectivity index (χ1n) is 4.73. The van der Waals surface area contributed by atoms with Crippen LogP contribution in [0, 0.1) is 0 Å². The van der Waals surface area contributed by atoms with Gasteiger partial charge in [-0.1, -0.05) is 23.7 Å². The van der Waals surface area contributed by atoms with Gasteiger partial charge in [0.05, 0.1) is 6.20 Å². The number of hydrogen-bond donors (Lipinski definition) is 0. The molecular weight excluding hydrogens is 289 g/mol. The molecule has 1 aromatic heterocycles. The fourth-order valence-corrected chi connectivity index (χ4v) is 1.69. The van der Waals surface area contributed by atoms with Gasteiger partial charge < -0.3 is 4.74 Å². The molecule has 0 fully saturated rings. The molecule has 0 atom stereocenters. The van der Waals surface area contributed by atoms with E-state index in [0.717, 1.165) is 20.9 Å². The van der Waals surface area contributed by atoms with Gasteiger partial charge in [0.25, 0.3) is 0 Å². The van der Waals surface area contributed by atoms with Crippen molar-refractivity contribution in [2.75, 3.05) is 0 Å². The number of ether oxygens (including phenoxy) is 1. The van der Waals surface area contributed by atoms with E-state index in [1.54, 1.807) is 6.20 Å². The lowest BCUT2D eigenvalue weighted by Crippen LogP contribution is -1.95. The largest absolute Gasteiger partial charge is 0.487 e. The van der Waals surface area contributed by atoms with E-state index in [2.05, 4.69) is 20.9 Å². The highest BCUT2D eigenvalue weighted by molar-refractivity contribution is 9.10. The third-order valence-electron chi connectivity index (χ3n) is 1.99. The predicted molar refractivity (Wildman–Crippen MR) is 67.7 cm³/mol. The van der Waals surface area contributed by atoms with E-state index in [-0.39, 0.29) is 0 Å². The Balaban J connectivity index is 1.99. The molecule has 0 amide bonds. The minimum atomic E-state index is 0.490. The third-order valence-corrected chi connectivity index (χ3v) is 2.70. The van der Waals surface area contributed by atoms with E-state index in [4.69, 9.17) is 16.3 Å². The third kappa shape index (κ3) is 3.22. The Labute approximate surface area is 107 Å². The van der Waals surface area contributed by atoms with Crippen LogP contribution in [0.2, 0.25) is 5.02 Å². The normalized spacial score (nSPS) is 10.1. The van der Waals surface area contributed by atoms with Crippen LogP contribution in [0.4, 0.5) is 0 Å². The molecule has 1 heterocycles. The molecule has 0 radical (unpaired) electrons. The van der Waals surface area contributed by atoms with Crippen molar-refractivity contribution in [3.05, 3.63) is 57.8 Å². The molecular formula is C12H9BrClNO. The molecule has 4 heteroatoms. The summed E-state index contributed by atoms with van der Waals surface area (Å²) in [7, 11) is 0. The number of aromatic nitrogens is 1. The van der Waals surface area contributed by atoms with E-state index in [0.29, 0.717) is 6.61 Å². The van der Waals surface area contributed by atoms with E-state index >= 15 is 0 Å². The number of hydrogen-bond acceptors (Lipinski definition) is 2. The topological polar surface area (TPSA) is 22.1 Å². The van der Waals surface area contributed by atoms with Crippen LogP contribution in [-0.4, -0.2) is 4.98 Å². The van der Waals surface area contributed by atoms with Crippen molar-refractivity contribution in [2.45, 2.75) is 6.61 Å². The maximum atomic E-state index is 5.87. The smallest absolute Gasteiger partial charge is 0.138 e. The van der Waals surface area contributed by atoms with Crippen LogP contribution in [0.3, 0.4) is 0 Å². The molecule has 0 saturated carbocycles. The fraction of sp³-hybridized carbons (Fsp3) is 0.0833. The number of nitrogens with zero attached hydrogens (tertiary/aromatic N) is 1. The Kier molecular flexibility index (Phi) is 3.80. The van der Waals surface area contributed by atoms with E-state index < -0.39 is 0 Å². The molecule has 2 nitrogen and oxygen atoms in total. The summed E-state index contributed by atoms with van der Waals surface area (Å²) < 4.78 is 6.35. The van der Waals surface area contributed by atoms with Gasteiger partial charge in [-0.2, -0.15) is 0 Å². The molecule has 1 aromatic carbocycles. The zero-order valence-electron chi connectivity index (χ0n) is 8.36.